The van der Waals surface area contributed by atoms with Gasteiger partial charge in [-0.25, -0.2) is 8.42 Å². The van der Waals surface area contributed by atoms with Crippen molar-refractivity contribution in [1.82, 2.24) is 0 Å². The molecule has 1 unspecified atom stereocenters. The van der Waals surface area contributed by atoms with Gasteiger partial charge in [0, 0.05) is 12.2 Å². The maximum atomic E-state index is 11.9. The molecule has 0 aliphatic heterocycles. The Hall–Kier alpha value is -1.81. The summed E-state index contributed by atoms with van der Waals surface area (Å²) in [5.41, 5.74) is 10.8. The van der Waals surface area contributed by atoms with Gasteiger partial charge in [0.1, 0.15) is 0 Å². The van der Waals surface area contributed by atoms with Crippen molar-refractivity contribution in [3.63, 3.8) is 0 Å². The van der Waals surface area contributed by atoms with E-state index in [0.717, 1.165) is 16.7 Å². The molecule has 2 aromatic carbocycles. The minimum absolute atomic E-state index is 0.0490. The lowest BCUT2D eigenvalue weighted by atomic mass is 9.86. The first kappa shape index (κ1) is 15.6. The summed E-state index contributed by atoms with van der Waals surface area (Å²) in [4.78, 5) is 0.212. The van der Waals surface area contributed by atoms with Gasteiger partial charge in [-0.1, -0.05) is 37.3 Å². The van der Waals surface area contributed by atoms with Crippen molar-refractivity contribution in [3.05, 3.63) is 58.7 Å². The lowest BCUT2D eigenvalue weighted by Gasteiger charge is -2.21. The molecule has 2 aromatic rings. The van der Waals surface area contributed by atoms with E-state index in [2.05, 4.69) is 26.0 Å². The molecule has 0 bridgehead atoms. The number of hydrogen-bond donors (Lipinski definition) is 1. The van der Waals surface area contributed by atoms with E-state index in [-0.39, 0.29) is 10.8 Å². The largest absolute Gasteiger partial charge is 0.397 e. The lowest BCUT2D eigenvalue weighted by molar-refractivity contribution is 0.602. The van der Waals surface area contributed by atoms with Gasteiger partial charge in [-0.15, -0.1) is 0 Å². The third-order valence-electron chi connectivity index (χ3n) is 3.95. The molecular formula is C17H21NO2S. The molecule has 1 atom stereocenters. The van der Waals surface area contributed by atoms with Crippen LogP contribution in [0.5, 0.6) is 0 Å². The van der Waals surface area contributed by atoms with Gasteiger partial charge in [0.05, 0.1) is 10.6 Å². The molecule has 21 heavy (non-hydrogen) atoms. The Morgan fingerprint density at radius 3 is 2.19 bits per heavy atom. The zero-order chi connectivity index (χ0) is 15.8. The standard InChI is InChI=1S/C17H21NO2S/c1-11-7-5-6-8-14(11)13(3)16-12(2)9-10-15(17(16)18)21(4,19)20/h5-10,13H,18H2,1-4H3. The molecule has 0 amide bonds. The van der Waals surface area contributed by atoms with E-state index in [9.17, 15) is 8.42 Å². The Bertz CT molecular complexity index is 779. The van der Waals surface area contributed by atoms with Gasteiger partial charge in [0.25, 0.3) is 0 Å². The van der Waals surface area contributed by atoms with Crippen molar-refractivity contribution in [3.8, 4) is 0 Å². The molecule has 0 aliphatic rings. The number of rotatable bonds is 3. The average Bonchev–Trinajstić information content (AvgIpc) is 2.37. The van der Waals surface area contributed by atoms with Crippen LogP contribution >= 0.6 is 0 Å². The Morgan fingerprint density at radius 2 is 1.62 bits per heavy atom. The summed E-state index contributed by atoms with van der Waals surface area (Å²) < 4.78 is 23.7. The monoisotopic (exact) mass is 303 g/mol. The van der Waals surface area contributed by atoms with Gasteiger partial charge in [-0.05, 0) is 42.2 Å². The smallest absolute Gasteiger partial charge is 0.177 e. The summed E-state index contributed by atoms with van der Waals surface area (Å²) in [6, 6.07) is 11.5. The van der Waals surface area contributed by atoms with Crippen molar-refractivity contribution >= 4 is 15.5 Å². The van der Waals surface area contributed by atoms with E-state index in [1.54, 1.807) is 6.07 Å². The minimum Gasteiger partial charge on any atom is -0.397 e. The second-order valence-corrected chi connectivity index (χ2v) is 7.54. The van der Waals surface area contributed by atoms with Crippen molar-refractivity contribution in [2.75, 3.05) is 12.0 Å². The molecule has 0 saturated carbocycles. The molecule has 3 nitrogen and oxygen atoms in total. The fraction of sp³-hybridized carbons (Fsp3) is 0.294. The van der Waals surface area contributed by atoms with Crippen LogP contribution in [0.25, 0.3) is 0 Å². The summed E-state index contributed by atoms with van der Waals surface area (Å²) >= 11 is 0. The quantitative estimate of drug-likeness (QED) is 0.884. The third kappa shape index (κ3) is 2.95. The maximum Gasteiger partial charge on any atom is 0.177 e. The Kier molecular flexibility index (Phi) is 4.10. The van der Waals surface area contributed by atoms with Crippen LogP contribution < -0.4 is 5.73 Å². The van der Waals surface area contributed by atoms with Crippen molar-refractivity contribution in [2.24, 2.45) is 0 Å². The fourth-order valence-electron chi connectivity index (χ4n) is 2.85. The molecule has 2 rings (SSSR count). The molecule has 112 valence electrons. The molecule has 0 aliphatic carbocycles. The number of anilines is 1. The van der Waals surface area contributed by atoms with Gasteiger partial charge in [-0.2, -0.15) is 0 Å². The van der Waals surface area contributed by atoms with Crippen LogP contribution in [0, 0.1) is 13.8 Å². The highest BCUT2D eigenvalue weighted by atomic mass is 32.2. The first-order valence-electron chi connectivity index (χ1n) is 6.88. The average molecular weight is 303 g/mol. The third-order valence-corrected chi connectivity index (χ3v) is 5.11. The van der Waals surface area contributed by atoms with Gasteiger partial charge >= 0.3 is 0 Å². The second kappa shape index (κ2) is 5.53. The number of sulfone groups is 1. The molecular weight excluding hydrogens is 282 g/mol. The SMILES string of the molecule is Cc1ccccc1C(C)c1c(C)ccc(S(C)(=O)=O)c1N. The fourth-order valence-corrected chi connectivity index (χ4v) is 3.68. The van der Waals surface area contributed by atoms with Crippen LogP contribution in [0.3, 0.4) is 0 Å². The van der Waals surface area contributed by atoms with Crippen LogP contribution in [0.4, 0.5) is 5.69 Å². The Morgan fingerprint density at radius 1 is 1.00 bits per heavy atom. The summed E-state index contributed by atoms with van der Waals surface area (Å²) in [6.07, 6.45) is 1.19. The molecule has 0 aromatic heterocycles. The molecule has 4 heteroatoms. The van der Waals surface area contributed by atoms with Crippen molar-refractivity contribution < 1.29 is 8.42 Å². The summed E-state index contributed by atoms with van der Waals surface area (Å²) in [5, 5.41) is 0. The summed E-state index contributed by atoms with van der Waals surface area (Å²) in [6.45, 7) is 6.08. The van der Waals surface area contributed by atoms with E-state index in [4.69, 9.17) is 5.73 Å². The zero-order valence-electron chi connectivity index (χ0n) is 12.8. The minimum atomic E-state index is -3.32. The highest BCUT2D eigenvalue weighted by molar-refractivity contribution is 7.90. The van der Waals surface area contributed by atoms with Crippen LogP contribution in [0.2, 0.25) is 0 Å². The number of nitrogens with two attached hydrogens (primary N) is 1. The van der Waals surface area contributed by atoms with Crippen LogP contribution in [-0.4, -0.2) is 14.7 Å². The van der Waals surface area contributed by atoms with E-state index >= 15 is 0 Å². The molecule has 0 heterocycles. The summed E-state index contributed by atoms with van der Waals surface area (Å²) in [5.74, 6) is 0.0490. The molecule has 0 spiro atoms. The second-order valence-electron chi connectivity index (χ2n) is 5.56. The van der Waals surface area contributed by atoms with Gasteiger partial charge in [0.15, 0.2) is 9.84 Å². The lowest BCUT2D eigenvalue weighted by Crippen LogP contribution is -2.10. The highest BCUT2D eigenvalue weighted by Crippen LogP contribution is 2.36. The van der Waals surface area contributed by atoms with E-state index in [1.807, 2.05) is 25.1 Å². The van der Waals surface area contributed by atoms with Gasteiger partial charge in [0.2, 0.25) is 0 Å². The predicted molar refractivity (Wildman–Crippen MR) is 87.4 cm³/mol. The molecule has 0 fully saturated rings. The number of aryl methyl sites for hydroxylation is 2. The first-order valence-corrected chi connectivity index (χ1v) is 8.77. The summed E-state index contributed by atoms with van der Waals surface area (Å²) in [7, 11) is -3.32. The molecule has 2 N–H and O–H groups in total. The number of nitrogen functional groups attached to an aromatic ring is 1. The zero-order valence-corrected chi connectivity index (χ0v) is 13.7. The van der Waals surface area contributed by atoms with E-state index in [1.165, 1.54) is 11.8 Å². The van der Waals surface area contributed by atoms with Crippen molar-refractivity contribution in [2.45, 2.75) is 31.6 Å². The topological polar surface area (TPSA) is 60.2 Å². The van der Waals surface area contributed by atoms with E-state index < -0.39 is 9.84 Å². The first-order chi connectivity index (χ1) is 9.73. The van der Waals surface area contributed by atoms with Gasteiger partial charge in [-0.3, -0.25) is 0 Å². The normalized spacial score (nSPS) is 13.1. The Labute approximate surface area is 126 Å². The van der Waals surface area contributed by atoms with Crippen molar-refractivity contribution in [1.29, 1.82) is 0 Å². The van der Waals surface area contributed by atoms with Gasteiger partial charge < -0.3 is 5.73 Å². The van der Waals surface area contributed by atoms with Crippen LogP contribution in [-0.2, 0) is 9.84 Å². The predicted octanol–water partition coefficient (Wildman–Crippen LogP) is 3.44. The molecule has 0 saturated heterocycles. The maximum absolute atomic E-state index is 11.9. The Balaban J connectivity index is 2.67. The highest BCUT2D eigenvalue weighted by Gasteiger charge is 2.21. The van der Waals surface area contributed by atoms with Crippen LogP contribution in [0.1, 0.15) is 35.1 Å². The number of benzene rings is 2. The molecule has 0 radical (unpaired) electrons. The van der Waals surface area contributed by atoms with Crippen LogP contribution in [0.15, 0.2) is 41.3 Å². The van der Waals surface area contributed by atoms with E-state index in [0.29, 0.717) is 5.69 Å². The number of hydrogen-bond acceptors (Lipinski definition) is 3.